The normalized spacial score (nSPS) is 15.8. The van der Waals surface area contributed by atoms with Crippen LogP contribution in [0.15, 0.2) is 53.4 Å². The predicted octanol–water partition coefficient (Wildman–Crippen LogP) is 2.65. The molecule has 1 amide bonds. The van der Waals surface area contributed by atoms with Crippen LogP contribution >= 0.6 is 0 Å². The van der Waals surface area contributed by atoms with Crippen molar-refractivity contribution < 1.29 is 17.6 Å². The molecule has 0 aromatic heterocycles. The summed E-state index contributed by atoms with van der Waals surface area (Å²) in [5, 5.41) is 2.81. The van der Waals surface area contributed by atoms with Crippen molar-refractivity contribution in [2.45, 2.75) is 36.5 Å². The van der Waals surface area contributed by atoms with Crippen LogP contribution in [0.1, 0.15) is 30.4 Å². The Labute approximate surface area is 159 Å². The molecule has 2 aromatic rings. The largest absolute Gasteiger partial charge is 0.354 e. The van der Waals surface area contributed by atoms with E-state index in [2.05, 4.69) is 10.0 Å². The Balaban J connectivity index is 1.56. The van der Waals surface area contributed by atoms with Gasteiger partial charge in [-0.25, -0.2) is 17.5 Å². The molecule has 3 rings (SSSR count). The van der Waals surface area contributed by atoms with E-state index in [-0.39, 0.29) is 29.7 Å². The molecule has 0 spiro atoms. The van der Waals surface area contributed by atoms with Crippen molar-refractivity contribution in [3.63, 3.8) is 0 Å². The Morgan fingerprint density at radius 2 is 1.67 bits per heavy atom. The zero-order chi connectivity index (χ0) is 19.5. The number of rotatable bonds is 7. The first-order valence-electron chi connectivity index (χ1n) is 8.94. The summed E-state index contributed by atoms with van der Waals surface area (Å²) in [6, 6.07) is 12.6. The Morgan fingerprint density at radius 3 is 2.22 bits per heavy atom. The molecule has 0 atom stereocenters. The number of aryl methyl sites for hydroxylation is 1. The molecule has 1 saturated carbocycles. The van der Waals surface area contributed by atoms with Crippen molar-refractivity contribution in [1.29, 1.82) is 0 Å². The number of amides is 1. The number of halogens is 1. The fourth-order valence-corrected chi connectivity index (χ4v) is 4.31. The number of sulfonamides is 1. The summed E-state index contributed by atoms with van der Waals surface area (Å²) in [5.74, 6) is -0.478. The summed E-state index contributed by atoms with van der Waals surface area (Å²) < 4.78 is 40.1. The monoisotopic (exact) mass is 390 g/mol. The first kappa shape index (κ1) is 19.5. The van der Waals surface area contributed by atoms with E-state index in [0.29, 0.717) is 12.8 Å². The van der Waals surface area contributed by atoms with Gasteiger partial charge in [-0.2, -0.15) is 0 Å². The summed E-state index contributed by atoms with van der Waals surface area (Å²) >= 11 is 0. The third kappa shape index (κ3) is 4.20. The van der Waals surface area contributed by atoms with E-state index in [4.69, 9.17) is 0 Å². The molecule has 2 aromatic carbocycles. The molecular formula is C20H23FN2O3S. The van der Waals surface area contributed by atoms with Gasteiger partial charge in [0.15, 0.2) is 0 Å². The zero-order valence-corrected chi connectivity index (χ0v) is 16.0. The first-order chi connectivity index (χ1) is 12.8. The standard InChI is InChI=1S/C20H23FN2O3S/c1-15-3-9-18(10-4-15)27(25,26)23-14-13-22-19(24)20(11-2-12-20)16-5-7-17(21)8-6-16/h3-10,23H,2,11-14H2,1H3,(H,22,24). The van der Waals surface area contributed by atoms with Crippen LogP contribution < -0.4 is 10.0 Å². The van der Waals surface area contributed by atoms with Crippen molar-refractivity contribution in [2.24, 2.45) is 0 Å². The van der Waals surface area contributed by atoms with Gasteiger partial charge in [0.1, 0.15) is 5.82 Å². The lowest BCUT2D eigenvalue weighted by Crippen LogP contribution is -2.50. The van der Waals surface area contributed by atoms with Crippen LogP contribution in [-0.2, 0) is 20.2 Å². The van der Waals surface area contributed by atoms with Crippen LogP contribution in [0.25, 0.3) is 0 Å². The number of benzene rings is 2. The molecule has 144 valence electrons. The molecule has 0 bridgehead atoms. The molecule has 0 aliphatic heterocycles. The zero-order valence-electron chi connectivity index (χ0n) is 15.2. The SMILES string of the molecule is Cc1ccc(S(=O)(=O)NCCNC(=O)C2(c3ccc(F)cc3)CCC2)cc1. The average Bonchev–Trinajstić information content (AvgIpc) is 2.60. The fourth-order valence-electron chi connectivity index (χ4n) is 3.28. The summed E-state index contributed by atoms with van der Waals surface area (Å²) in [6.45, 7) is 2.17. The maximum absolute atomic E-state index is 13.2. The van der Waals surface area contributed by atoms with Crippen molar-refractivity contribution in [1.82, 2.24) is 10.0 Å². The molecule has 0 radical (unpaired) electrons. The lowest BCUT2D eigenvalue weighted by Gasteiger charge is -2.40. The van der Waals surface area contributed by atoms with E-state index in [1.807, 2.05) is 6.92 Å². The minimum Gasteiger partial charge on any atom is -0.354 e. The molecule has 0 saturated heterocycles. The van der Waals surface area contributed by atoms with Gasteiger partial charge in [-0.05, 0) is 49.6 Å². The van der Waals surface area contributed by atoms with Crippen LogP contribution in [0.3, 0.4) is 0 Å². The highest BCUT2D eigenvalue weighted by Crippen LogP contribution is 2.43. The molecule has 2 N–H and O–H groups in total. The van der Waals surface area contributed by atoms with Crippen molar-refractivity contribution in [3.8, 4) is 0 Å². The van der Waals surface area contributed by atoms with Gasteiger partial charge in [0, 0.05) is 13.1 Å². The van der Waals surface area contributed by atoms with Gasteiger partial charge >= 0.3 is 0 Å². The maximum Gasteiger partial charge on any atom is 0.240 e. The molecule has 27 heavy (non-hydrogen) atoms. The number of carbonyl (C=O) groups excluding carboxylic acids is 1. The lowest BCUT2D eigenvalue weighted by molar-refractivity contribution is -0.129. The van der Waals surface area contributed by atoms with Crippen molar-refractivity contribution >= 4 is 15.9 Å². The second kappa shape index (κ2) is 7.78. The third-order valence-corrected chi connectivity index (χ3v) is 6.55. The Hall–Kier alpha value is -2.25. The van der Waals surface area contributed by atoms with E-state index in [0.717, 1.165) is 17.5 Å². The second-order valence-electron chi connectivity index (χ2n) is 6.91. The highest BCUT2D eigenvalue weighted by molar-refractivity contribution is 7.89. The predicted molar refractivity (Wildman–Crippen MR) is 101 cm³/mol. The van der Waals surface area contributed by atoms with E-state index in [1.165, 1.54) is 12.1 Å². The van der Waals surface area contributed by atoms with Gasteiger partial charge < -0.3 is 5.32 Å². The van der Waals surface area contributed by atoms with Gasteiger partial charge in [0.2, 0.25) is 15.9 Å². The molecule has 0 heterocycles. The molecule has 1 fully saturated rings. The second-order valence-corrected chi connectivity index (χ2v) is 8.68. The minimum absolute atomic E-state index is 0.0987. The highest BCUT2D eigenvalue weighted by Gasteiger charge is 2.45. The third-order valence-electron chi connectivity index (χ3n) is 5.07. The topological polar surface area (TPSA) is 75.3 Å². The van der Waals surface area contributed by atoms with Crippen LogP contribution in [-0.4, -0.2) is 27.4 Å². The van der Waals surface area contributed by atoms with Crippen molar-refractivity contribution in [2.75, 3.05) is 13.1 Å². The summed E-state index contributed by atoms with van der Waals surface area (Å²) in [6.07, 6.45) is 2.35. The lowest BCUT2D eigenvalue weighted by atomic mass is 9.64. The van der Waals surface area contributed by atoms with E-state index < -0.39 is 15.4 Å². The number of carbonyl (C=O) groups is 1. The quantitative estimate of drug-likeness (QED) is 0.714. The molecular weight excluding hydrogens is 367 g/mol. The van der Waals surface area contributed by atoms with Crippen LogP contribution in [0.4, 0.5) is 4.39 Å². The maximum atomic E-state index is 13.2. The Morgan fingerprint density at radius 1 is 1.04 bits per heavy atom. The minimum atomic E-state index is -3.60. The van der Waals surface area contributed by atoms with E-state index >= 15 is 0 Å². The number of nitrogens with one attached hydrogen (secondary N) is 2. The van der Waals surface area contributed by atoms with E-state index in [9.17, 15) is 17.6 Å². The van der Waals surface area contributed by atoms with Gasteiger partial charge in [0.05, 0.1) is 10.3 Å². The van der Waals surface area contributed by atoms with Crippen LogP contribution in [0.2, 0.25) is 0 Å². The summed E-state index contributed by atoms with van der Waals surface area (Å²) in [4.78, 5) is 12.9. The molecule has 7 heteroatoms. The number of hydrogen-bond acceptors (Lipinski definition) is 3. The van der Waals surface area contributed by atoms with Gasteiger partial charge in [-0.15, -0.1) is 0 Å². The van der Waals surface area contributed by atoms with Crippen LogP contribution in [0, 0.1) is 12.7 Å². The Kier molecular flexibility index (Phi) is 5.62. The average molecular weight is 390 g/mol. The van der Waals surface area contributed by atoms with E-state index in [1.54, 1.807) is 36.4 Å². The van der Waals surface area contributed by atoms with Gasteiger partial charge in [-0.1, -0.05) is 36.2 Å². The van der Waals surface area contributed by atoms with Gasteiger partial charge in [-0.3, -0.25) is 4.79 Å². The number of hydrogen-bond donors (Lipinski definition) is 2. The Bertz CT molecular complexity index is 905. The molecule has 1 aliphatic carbocycles. The molecule has 1 aliphatic rings. The summed E-state index contributed by atoms with van der Waals surface area (Å²) in [5.41, 5.74) is 1.14. The smallest absolute Gasteiger partial charge is 0.240 e. The fraction of sp³-hybridized carbons (Fsp3) is 0.350. The highest BCUT2D eigenvalue weighted by atomic mass is 32.2. The van der Waals surface area contributed by atoms with Crippen LogP contribution in [0.5, 0.6) is 0 Å². The van der Waals surface area contributed by atoms with Gasteiger partial charge in [0.25, 0.3) is 0 Å². The van der Waals surface area contributed by atoms with Crippen molar-refractivity contribution in [3.05, 3.63) is 65.5 Å². The molecule has 5 nitrogen and oxygen atoms in total. The first-order valence-corrected chi connectivity index (χ1v) is 10.4. The molecule has 0 unspecified atom stereocenters. The summed E-state index contributed by atoms with van der Waals surface area (Å²) in [7, 11) is -3.60.